The number of phenolic OH excluding ortho intramolecular Hbond substituents is 1. The lowest BCUT2D eigenvalue weighted by Crippen LogP contribution is -2.27. The third kappa shape index (κ3) is 38.4. The fraction of sp³-hybridized carbons (Fsp3) is 0.202. The molecule has 0 spiro atoms. The van der Waals surface area contributed by atoms with E-state index in [1.807, 2.05) is 167 Å². The monoisotopic (exact) mass is 1540 g/mol. The number of amides is 3. The molecule has 9 aromatic carbocycles. The SMILES string of the molecule is CC#Cc1ccc(CC#N)cc1.CC#Cc1ccc(N(C)S(C)(=O)=O)cc1.CC#Cc1ccc(N2CCNC2=O)cc1.CC#Cc1ccc(NS(=O)(=O)CC)cc1.CC#Cc1ccc(O)cc1.CC#Cc1ccc2c(c1)OCCO2.CC#Cc1cccc(N)c1.CC#Cc1cccc(NC(C)=O)c1.CC#Cc1ccccc1N. The van der Waals surface area contributed by atoms with Crippen LogP contribution in [0.15, 0.2) is 212 Å². The predicted molar refractivity (Wildman–Crippen MR) is 463 cm³/mol. The lowest BCUT2D eigenvalue weighted by atomic mass is 10.1. The maximum atomic E-state index is 11.4. The Balaban J connectivity index is 0.000000330. The van der Waals surface area contributed by atoms with Crippen LogP contribution in [-0.2, 0) is 31.3 Å². The summed E-state index contributed by atoms with van der Waals surface area (Å²) in [6.07, 6.45) is 1.65. The number of rotatable bonds is 8. The van der Waals surface area contributed by atoms with E-state index in [4.69, 9.17) is 31.3 Å². The molecule has 576 valence electrons. The normalized spacial score (nSPS) is 10.1. The van der Waals surface area contributed by atoms with E-state index in [9.17, 15) is 26.4 Å². The maximum absolute atomic E-state index is 11.4. The van der Waals surface area contributed by atoms with Crippen LogP contribution in [0.5, 0.6) is 17.2 Å². The Morgan fingerprint density at radius 1 is 0.522 bits per heavy atom. The number of anilines is 6. The largest absolute Gasteiger partial charge is 0.508 e. The number of phenols is 1. The van der Waals surface area contributed by atoms with Crippen LogP contribution in [0, 0.1) is 118 Å². The molecule has 2 aliphatic rings. The lowest BCUT2D eigenvalue weighted by Gasteiger charge is -2.17. The number of carbonyl (C=O) groups is 2. The summed E-state index contributed by atoms with van der Waals surface area (Å²) in [6.45, 7) is 21.9. The molecule has 0 saturated carbocycles. The number of fused-ring (bicyclic) bond motifs is 1. The van der Waals surface area contributed by atoms with E-state index >= 15 is 0 Å². The summed E-state index contributed by atoms with van der Waals surface area (Å²) in [6, 6.07) is 66.7. The van der Waals surface area contributed by atoms with E-state index in [1.54, 1.807) is 119 Å². The molecule has 0 aromatic heterocycles. The topological polar surface area (TPSA) is 260 Å². The number of hydrogen-bond donors (Lipinski definition) is 6. The first-order valence-electron chi connectivity index (χ1n) is 35.2. The van der Waals surface area contributed by atoms with Crippen molar-refractivity contribution in [3.8, 4) is 130 Å². The molecule has 11 rings (SSSR count). The Bertz CT molecular complexity index is 5470. The lowest BCUT2D eigenvalue weighted by molar-refractivity contribution is -0.114. The van der Waals surface area contributed by atoms with Gasteiger partial charge in [0, 0.05) is 106 Å². The summed E-state index contributed by atoms with van der Waals surface area (Å²) in [5, 5.41) is 22.8. The van der Waals surface area contributed by atoms with E-state index < -0.39 is 20.0 Å². The zero-order valence-electron chi connectivity index (χ0n) is 66.0. The average Bonchev–Trinajstić information content (AvgIpc) is 1.84. The van der Waals surface area contributed by atoms with Gasteiger partial charge in [-0.2, -0.15) is 5.26 Å². The molecular formula is C94H94N8O9S2. The molecule has 8 N–H and O–H groups in total. The van der Waals surface area contributed by atoms with Crippen LogP contribution in [0.1, 0.15) is 132 Å². The molecule has 19 heteroatoms. The van der Waals surface area contributed by atoms with Crippen molar-refractivity contribution in [2.45, 2.75) is 82.6 Å². The van der Waals surface area contributed by atoms with Crippen molar-refractivity contribution in [2.75, 3.05) is 76.1 Å². The van der Waals surface area contributed by atoms with Gasteiger partial charge in [0.25, 0.3) is 0 Å². The highest BCUT2D eigenvalue weighted by molar-refractivity contribution is 7.92. The Hall–Kier alpha value is -14.3. The Labute approximate surface area is 670 Å². The molecular weight excluding hydrogens is 1450 g/mol. The van der Waals surface area contributed by atoms with Crippen molar-refractivity contribution in [3.63, 3.8) is 0 Å². The van der Waals surface area contributed by atoms with Gasteiger partial charge in [-0.05, 0) is 251 Å². The van der Waals surface area contributed by atoms with Crippen LogP contribution in [-0.4, -0.2) is 79.2 Å². The minimum absolute atomic E-state index is 0.0238. The molecule has 3 amide bonds. The summed E-state index contributed by atoms with van der Waals surface area (Å²) in [7, 11) is -4.84. The van der Waals surface area contributed by atoms with Crippen molar-refractivity contribution in [1.29, 1.82) is 5.26 Å². The van der Waals surface area contributed by atoms with E-state index in [0.29, 0.717) is 31.0 Å². The first-order valence-corrected chi connectivity index (χ1v) is 38.7. The number of nitriles is 1. The van der Waals surface area contributed by atoms with Gasteiger partial charge in [-0.3, -0.25) is 18.7 Å². The number of aromatic hydroxyl groups is 1. The van der Waals surface area contributed by atoms with Gasteiger partial charge in [0.2, 0.25) is 26.0 Å². The number of carbonyl (C=O) groups excluding carboxylic acids is 2. The second kappa shape index (κ2) is 52.7. The van der Waals surface area contributed by atoms with Crippen molar-refractivity contribution in [1.82, 2.24) is 5.32 Å². The third-order valence-corrected chi connectivity index (χ3v) is 16.9. The minimum atomic E-state index is -3.18. The molecule has 9 aromatic rings. The first kappa shape index (κ1) is 93.0. The summed E-state index contributed by atoms with van der Waals surface area (Å²) < 4.78 is 59.5. The van der Waals surface area contributed by atoms with Crippen molar-refractivity contribution in [3.05, 3.63) is 268 Å². The van der Waals surface area contributed by atoms with Gasteiger partial charge in [0.1, 0.15) is 19.0 Å². The first-order chi connectivity index (χ1) is 54.3. The second-order valence-electron chi connectivity index (χ2n) is 23.1. The number of nitrogens with zero attached hydrogens (tertiary/aromatic N) is 3. The standard InChI is InChI=1S/C12H12N2O.2C11H13NO2S.C11H11NO.C11H9N.C11H10O2.2C9H9N.C9H8O/c1-2-3-10-4-6-11(7-5-10)14-9-8-13-12(14)15;1-4-5-10-6-8-11(9-7-10)12(2)15(3,13)14;1-3-5-10-6-8-11(9-7-10)12-15(13,14)4-2;1-3-5-10-6-4-7-11(8-10)12-9(2)13;1-2-3-10-4-6-11(7-5-10)8-9-12;1-2-3-9-4-5-10-11(8-9)13-7-6-12-10;1-2-5-8-6-3-4-7-9(8)10;1-2-4-8-5-3-6-9(10)7-8;1-2-3-8-4-6-9(10)7-5-8/h4-7H,8-9H2,1H3,(H,13,15);6-9H,1-3H3;6-9,12H,4H2,1-2H3;4,6-8H,1-2H3,(H,12,13);4-7H,8H2,1H3;4-5,8H,6-7H2,1H3;3-4,6-7H,10H2,1H3;3,5-7H,10H2,1H3;4-7,10H,1H3. The highest BCUT2D eigenvalue weighted by atomic mass is 32.2. The van der Waals surface area contributed by atoms with Gasteiger partial charge in [-0.15, -0.1) is 53.3 Å². The van der Waals surface area contributed by atoms with Crippen molar-refractivity contribution in [2.24, 2.45) is 0 Å². The van der Waals surface area contributed by atoms with E-state index in [2.05, 4.69) is 128 Å². The van der Waals surface area contributed by atoms with Gasteiger partial charge in [-0.25, -0.2) is 21.6 Å². The number of hydrogen-bond acceptors (Lipinski definition) is 12. The van der Waals surface area contributed by atoms with Gasteiger partial charge in [-0.1, -0.05) is 89.7 Å². The summed E-state index contributed by atoms with van der Waals surface area (Å²) in [4.78, 5) is 23.8. The number of benzene rings is 9. The van der Waals surface area contributed by atoms with Gasteiger partial charge in [0.05, 0.1) is 30.2 Å². The Morgan fingerprint density at radius 3 is 1.41 bits per heavy atom. The highest BCUT2D eigenvalue weighted by Gasteiger charge is 2.21. The van der Waals surface area contributed by atoms with E-state index in [1.165, 1.54) is 24.5 Å². The van der Waals surface area contributed by atoms with Crippen LogP contribution >= 0.6 is 0 Å². The summed E-state index contributed by atoms with van der Waals surface area (Å²) in [5.74, 6) is 53.4. The number of nitrogens with one attached hydrogen (secondary N) is 3. The van der Waals surface area contributed by atoms with Crippen molar-refractivity contribution < 1.29 is 41.0 Å². The molecule has 1 saturated heterocycles. The van der Waals surface area contributed by atoms with Crippen LogP contribution in [0.25, 0.3) is 0 Å². The number of urea groups is 1. The van der Waals surface area contributed by atoms with E-state index in [-0.39, 0.29) is 23.4 Å². The fourth-order valence-electron chi connectivity index (χ4n) is 9.12. The highest BCUT2D eigenvalue weighted by Crippen LogP contribution is 2.30. The maximum Gasteiger partial charge on any atom is 0.321 e. The van der Waals surface area contributed by atoms with Crippen molar-refractivity contribution >= 4 is 66.1 Å². The zero-order chi connectivity index (χ0) is 83.2. The Morgan fingerprint density at radius 2 is 0.956 bits per heavy atom. The van der Waals surface area contributed by atoms with Crippen LogP contribution in [0.2, 0.25) is 0 Å². The molecule has 0 radical (unpaired) electrons. The van der Waals surface area contributed by atoms with Crippen LogP contribution in [0.3, 0.4) is 0 Å². The number of nitrogens with two attached hydrogens (primary N) is 2. The van der Waals surface area contributed by atoms with Gasteiger partial charge >= 0.3 is 6.03 Å². The molecule has 113 heavy (non-hydrogen) atoms. The molecule has 2 aliphatic heterocycles. The second-order valence-corrected chi connectivity index (χ2v) is 27.1. The van der Waals surface area contributed by atoms with Gasteiger partial charge < -0.3 is 36.7 Å². The molecule has 2 heterocycles. The molecule has 0 bridgehead atoms. The van der Waals surface area contributed by atoms with Gasteiger partial charge in [0.15, 0.2) is 11.5 Å². The predicted octanol–water partition coefficient (Wildman–Crippen LogP) is 15.9. The quantitative estimate of drug-likeness (QED) is 0.0613. The average molecular weight is 1540 g/mol. The molecule has 1 fully saturated rings. The third-order valence-electron chi connectivity index (χ3n) is 14.4. The fourth-order valence-corrected chi connectivity index (χ4v) is 10.3. The number of ether oxygens (including phenoxy) is 2. The number of nitrogen functional groups attached to an aromatic ring is 2. The number of sulfonamides is 2. The molecule has 0 unspecified atom stereocenters. The summed E-state index contributed by atoms with van der Waals surface area (Å²) in [5.41, 5.74) is 25.0. The molecule has 0 atom stereocenters. The number of para-hydroxylation sites is 1. The zero-order valence-corrected chi connectivity index (χ0v) is 67.6. The van der Waals surface area contributed by atoms with Crippen LogP contribution in [0.4, 0.5) is 38.9 Å². The Kier molecular flexibility index (Phi) is 43.4. The summed E-state index contributed by atoms with van der Waals surface area (Å²) >= 11 is 0. The van der Waals surface area contributed by atoms with Crippen LogP contribution < -0.4 is 45.5 Å². The molecule has 0 aliphatic carbocycles. The van der Waals surface area contributed by atoms with E-state index in [0.717, 1.165) is 103 Å². The minimum Gasteiger partial charge on any atom is -0.508 e. The smallest absolute Gasteiger partial charge is 0.321 e. The molecule has 17 nitrogen and oxygen atoms in total.